The van der Waals surface area contributed by atoms with Gasteiger partial charge in [0.15, 0.2) is 6.29 Å². The van der Waals surface area contributed by atoms with Gasteiger partial charge >= 0.3 is 11.9 Å². The molecule has 0 amide bonds. The van der Waals surface area contributed by atoms with Gasteiger partial charge in [-0.2, -0.15) is 0 Å². The molecule has 1 heterocycles. The van der Waals surface area contributed by atoms with E-state index in [1.165, 1.54) is 7.11 Å². The second-order valence-corrected chi connectivity index (χ2v) is 8.23. The van der Waals surface area contributed by atoms with Crippen LogP contribution < -0.4 is 0 Å². The minimum Gasteiger partial charge on any atom is -0.466 e. The Labute approximate surface area is 163 Å². The van der Waals surface area contributed by atoms with Gasteiger partial charge in [-0.25, -0.2) is 9.59 Å². The molecule has 8 nitrogen and oxygen atoms in total. The third-order valence-corrected chi connectivity index (χ3v) is 6.76. The van der Waals surface area contributed by atoms with Crippen LogP contribution in [0.25, 0.3) is 0 Å². The van der Waals surface area contributed by atoms with Crippen LogP contribution in [0.1, 0.15) is 26.2 Å². The van der Waals surface area contributed by atoms with Gasteiger partial charge in [0.1, 0.15) is 6.10 Å². The van der Waals surface area contributed by atoms with Crippen LogP contribution in [0.15, 0.2) is 24.3 Å². The summed E-state index contributed by atoms with van der Waals surface area (Å²) < 4.78 is 16.2. The molecular weight excluding hydrogens is 368 g/mol. The summed E-state index contributed by atoms with van der Waals surface area (Å²) in [7, 11) is 1.23. The van der Waals surface area contributed by atoms with Crippen LogP contribution in [0, 0.1) is 23.2 Å². The lowest BCUT2D eigenvalue weighted by Crippen LogP contribution is -2.59. The van der Waals surface area contributed by atoms with Crippen LogP contribution in [-0.2, 0) is 23.8 Å². The molecule has 3 N–H and O–H groups in total. The highest BCUT2D eigenvalue weighted by atomic mass is 16.6. The van der Waals surface area contributed by atoms with Crippen molar-refractivity contribution in [2.24, 2.45) is 23.2 Å². The van der Waals surface area contributed by atoms with Crippen LogP contribution >= 0.6 is 0 Å². The number of hydrogen-bond donors (Lipinski definition) is 3. The summed E-state index contributed by atoms with van der Waals surface area (Å²) in [4.78, 5) is 24.5. The van der Waals surface area contributed by atoms with Gasteiger partial charge in [-0.15, -0.1) is 0 Å². The Bertz CT molecular complexity index is 688. The molecule has 1 aliphatic heterocycles. The molecule has 28 heavy (non-hydrogen) atoms. The first-order chi connectivity index (χ1) is 13.2. The van der Waals surface area contributed by atoms with E-state index >= 15 is 0 Å². The van der Waals surface area contributed by atoms with Crippen molar-refractivity contribution in [3.05, 3.63) is 24.3 Å². The van der Waals surface area contributed by atoms with Crippen LogP contribution in [0.5, 0.6) is 0 Å². The van der Waals surface area contributed by atoms with Gasteiger partial charge in [-0.3, -0.25) is 0 Å². The molecule has 0 aromatic heterocycles. The fourth-order valence-corrected chi connectivity index (χ4v) is 5.30. The van der Waals surface area contributed by atoms with E-state index in [4.69, 9.17) is 19.3 Å². The normalized spacial score (nSPS) is 41.7. The van der Waals surface area contributed by atoms with E-state index in [2.05, 4.69) is 13.2 Å². The van der Waals surface area contributed by atoms with Gasteiger partial charge in [0.25, 0.3) is 0 Å². The van der Waals surface area contributed by atoms with Crippen molar-refractivity contribution in [3.63, 3.8) is 0 Å². The molecule has 0 spiro atoms. The zero-order chi connectivity index (χ0) is 20.8. The molecule has 156 valence electrons. The molecule has 1 saturated heterocycles. The summed E-state index contributed by atoms with van der Waals surface area (Å²) >= 11 is 0. The summed E-state index contributed by atoms with van der Waals surface area (Å²) in [6, 6.07) is 0. The molecular formula is C20H28O8. The largest absolute Gasteiger partial charge is 0.466 e. The standard InChI is InChI=1S/C20H28O8/c1-9(8-21)17(23)27-12-7-20(3)13(22)6-5-11-15(20)16(28-19(11)25)14(12)10(2)18(24)26-4/h11-16,19,21-22,25H,1-2,5-8H2,3-4H3/t11-,12+,13-,14-,15-,16+,19?,20+/m1/s1. The monoisotopic (exact) mass is 396 g/mol. The van der Waals surface area contributed by atoms with E-state index in [0.717, 1.165) is 0 Å². The lowest BCUT2D eigenvalue weighted by atomic mass is 9.52. The highest BCUT2D eigenvalue weighted by Crippen LogP contribution is 2.60. The Hall–Kier alpha value is -1.74. The van der Waals surface area contributed by atoms with Crippen molar-refractivity contribution in [1.82, 2.24) is 0 Å². The van der Waals surface area contributed by atoms with E-state index in [-0.39, 0.29) is 29.4 Å². The minimum atomic E-state index is -1.03. The quantitative estimate of drug-likeness (QED) is 0.448. The van der Waals surface area contributed by atoms with Gasteiger partial charge in [-0.05, 0) is 19.3 Å². The molecule has 1 unspecified atom stereocenters. The van der Waals surface area contributed by atoms with Gasteiger partial charge in [-0.1, -0.05) is 20.1 Å². The number of aliphatic hydroxyl groups excluding tert-OH is 3. The number of carbonyl (C=O) groups is 2. The van der Waals surface area contributed by atoms with Crippen molar-refractivity contribution in [1.29, 1.82) is 0 Å². The molecule has 0 bridgehead atoms. The molecule has 2 saturated carbocycles. The Morgan fingerprint density at radius 3 is 2.50 bits per heavy atom. The van der Waals surface area contributed by atoms with Crippen molar-refractivity contribution in [2.45, 2.75) is 50.8 Å². The highest BCUT2D eigenvalue weighted by Gasteiger charge is 2.65. The summed E-state index contributed by atoms with van der Waals surface area (Å²) in [6.45, 7) is 8.64. The maximum Gasteiger partial charge on any atom is 0.336 e. The Morgan fingerprint density at radius 1 is 1.21 bits per heavy atom. The van der Waals surface area contributed by atoms with E-state index in [0.29, 0.717) is 12.8 Å². The van der Waals surface area contributed by atoms with Crippen LogP contribution in [0.4, 0.5) is 0 Å². The first kappa shape index (κ1) is 21.0. The predicted molar refractivity (Wildman–Crippen MR) is 96.6 cm³/mol. The molecule has 8 heteroatoms. The summed E-state index contributed by atoms with van der Waals surface area (Å²) in [5, 5.41) is 30.4. The highest BCUT2D eigenvalue weighted by molar-refractivity contribution is 5.89. The fourth-order valence-electron chi connectivity index (χ4n) is 5.30. The van der Waals surface area contributed by atoms with Crippen LogP contribution in [0.2, 0.25) is 0 Å². The molecule has 8 atom stereocenters. The van der Waals surface area contributed by atoms with Crippen molar-refractivity contribution < 1.29 is 39.1 Å². The molecule has 0 aromatic rings. The number of hydrogen-bond acceptors (Lipinski definition) is 8. The lowest BCUT2D eigenvalue weighted by molar-refractivity contribution is -0.183. The first-order valence-electron chi connectivity index (χ1n) is 9.44. The number of ether oxygens (including phenoxy) is 3. The molecule has 3 rings (SSSR count). The topological polar surface area (TPSA) is 123 Å². The van der Waals surface area contributed by atoms with E-state index in [1.54, 1.807) is 0 Å². The average Bonchev–Trinajstić information content (AvgIpc) is 3.00. The van der Waals surface area contributed by atoms with Gasteiger partial charge in [0.05, 0.1) is 37.4 Å². The Balaban J connectivity index is 2.01. The number of aliphatic hydroxyl groups is 3. The maximum atomic E-state index is 12.3. The van der Waals surface area contributed by atoms with Crippen molar-refractivity contribution in [3.8, 4) is 0 Å². The zero-order valence-corrected chi connectivity index (χ0v) is 16.2. The van der Waals surface area contributed by atoms with Gasteiger partial charge < -0.3 is 29.5 Å². The Morgan fingerprint density at radius 2 is 1.89 bits per heavy atom. The van der Waals surface area contributed by atoms with Crippen LogP contribution in [-0.4, -0.2) is 65.6 Å². The zero-order valence-electron chi connectivity index (χ0n) is 16.2. The minimum absolute atomic E-state index is 0.0786. The SMILES string of the molecule is C=C(CO)C(=O)O[C@H]1C[C@]2(C)[C@H]3[C@@H](OC(O)[C@@H]3CC[C@H]2O)[C@@H]1C(=C)C(=O)OC. The van der Waals surface area contributed by atoms with Crippen molar-refractivity contribution in [2.75, 3.05) is 13.7 Å². The van der Waals surface area contributed by atoms with E-state index < -0.39 is 54.5 Å². The molecule has 0 radical (unpaired) electrons. The van der Waals surface area contributed by atoms with Gasteiger partial charge in [0.2, 0.25) is 0 Å². The van der Waals surface area contributed by atoms with Crippen LogP contribution in [0.3, 0.4) is 0 Å². The fraction of sp³-hybridized carbons (Fsp3) is 0.700. The second-order valence-electron chi connectivity index (χ2n) is 8.23. The van der Waals surface area contributed by atoms with Crippen molar-refractivity contribution >= 4 is 11.9 Å². The first-order valence-corrected chi connectivity index (χ1v) is 9.44. The number of methoxy groups -OCH3 is 1. The number of carbonyl (C=O) groups excluding carboxylic acids is 2. The smallest absolute Gasteiger partial charge is 0.336 e. The summed E-state index contributed by atoms with van der Waals surface area (Å²) in [6.07, 6.45) is -1.86. The molecule has 3 fully saturated rings. The van der Waals surface area contributed by atoms with E-state index in [9.17, 15) is 19.8 Å². The summed E-state index contributed by atoms with van der Waals surface area (Å²) in [5.41, 5.74) is -0.720. The number of esters is 2. The molecule has 0 aromatic carbocycles. The lowest BCUT2D eigenvalue weighted by Gasteiger charge is -2.54. The average molecular weight is 396 g/mol. The number of rotatable bonds is 5. The van der Waals surface area contributed by atoms with Gasteiger partial charge in [0, 0.05) is 22.8 Å². The second kappa shape index (κ2) is 7.59. The third-order valence-electron chi connectivity index (χ3n) is 6.76. The molecule has 3 aliphatic rings. The Kier molecular flexibility index (Phi) is 5.69. The third kappa shape index (κ3) is 3.18. The predicted octanol–water partition coefficient (Wildman–Crippen LogP) is 0.306. The van der Waals surface area contributed by atoms with E-state index in [1.807, 2.05) is 6.92 Å². The summed E-state index contributed by atoms with van der Waals surface area (Å²) in [5.74, 6) is -2.61. The molecule has 2 aliphatic carbocycles. The maximum absolute atomic E-state index is 12.3.